The first-order valence-electron chi connectivity index (χ1n) is 3.80. The number of ether oxygens (including phenoxy) is 1. The van der Waals surface area contributed by atoms with Gasteiger partial charge in [-0.2, -0.15) is 0 Å². The molecular weight excluding hydrogens is 184 g/mol. The van der Waals surface area contributed by atoms with Crippen molar-refractivity contribution in [1.82, 2.24) is 0 Å². The third-order valence-electron chi connectivity index (χ3n) is 1.67. The molecule has 0 aromatic heterocycles. The molecule has 0 saturated carbocycles. The maximum atomic E-state index is 10.6. The molecule has 14 heavy (non-hydrogen) atoms. The number of hydrogen-bond acceptors (Lipinski definition) is 4. The third-order valence-corrected chi connectivity index (χ3v) is 1.67. The Hall–Kier alpha value is -2.13. The molecule has 0 saturated heterocycles. The van der Waals surface area contributed by atoms with E-state index < -0.39 is 11.7 Å². The maximum absolute atomic E-state index is 10.6. The topological polar surface area (TPSA) is 87.3 Å². The zero-order chi connectivity index (χ0) is 10.6. The highest BCUT2D eigenvalue weighted by Gasteiger charge is 2.20. The number of nitrogens with one attached hydrogen (secondary N) is 1. The zero-order valence-electron chi connectivity index (χ0n) is 7.48. The SMILES string of the molecule is COc1ccccc1C(=[N+]=N)C(=O)[O-]. The van der Waals surface area contributed by atoms with Gasteiger partial charge in [0, 0.05) is 0 Å². The number of carboxylic acid groups (broad SMARTS) is 1. The molecule has 0 aliphatic heterocycles. The quantitative estimate of drug-likeness (QED) is 0.397. The van der Waals surface area contributed by atoms with Crippen LogP contribution < -0.4 is 9.84 Å². The van der Waals surface area contributed by atoms with Gasteiger partial charge >= 0.3 is 5.71 Å². The van der Waals surface area contributed by atoms with Gasteiger partial charge in [0.2, 0.25) is 0 Å². The lowest BCUT2D eigenvalue weighted by Crippen LogP contribution is -2.33. The van der Waals surface area contributed by atoms with Crippen molar-refractivity contribution in [3.05, 3.63) is 29.8 Å². The number of aliphatic carboxylic acids is 1. The van der Waals surface area contributed by atoms with Gasteiger partial charge in [0.15, 0.2) is 5.97 Å². The van der Waals surface area contributed by atoms with Crippen molar-refractivity contribution >= 4 is 11.7 Å². The molecule has 5 nitrogen and oxygen atoms in total. The maximum Gasteiger partial charge on any atom is 0.398 e. The van der Waals surface area contributed by atoms with Crippen LogP contribution in [0.5, 0.6) is 5.75 Å². The van der Waals surface area contributed by atoms with Gasteiger partial charge in [-0.1, -0.05) is 12.1 Å². The summed E-state index contributed by atoms with van der Waals surface area (Å²) in [6, 6.07) is 6.41. The molecule has 0 aliphatic carbocycles. The van der Waals surface area contributed by atoms with Crippen molar-refractivity contribution in [2.75, 3.05) is 7.11 Å². The van der Waals surface area contributed by atoms with Crippen LogP contribution in [-0.2, 0) is 4.79 Å². The normalized spacial score (nSPS) is 8.93. The van der Waals surface area contributed by atoms with Crippen LogP contribution in [0, 0.1) is 5.53 Å². The number of hydrogen-bond donors (Lipinski definition) is 1. The number of carbonyl (C=O) groups is 1. The molecule has 0 radical (unpaired) electrons. The third kappa shape index (κ3) is 1.78. The van der Waals surface area contributed by atoms with Crippen LogP contribution in [0.15, 0.2) is 24.3 Å². The average Bonchev–Trinajstić information content (AvgIpc) is 2.19. The van der Waals surface area contributed by atoms with Crippen molar-refractivity contribution in [3.8, 4) is 5.75 Å². The average molecular weight is 192 g/mol. The van der Waals surface area contributed by atoms with E-state index in [0.29, 0.717) is 5.75 Å². The Balaban J connectivity index is 3.30. The number of nitrogens with zero attached hydrogens (tertiary/aromatic N) is 1. The van der Waals surface area contributed by atoms with Gasteiger partial charge in [-0.3, -0.25) is 0 Å². The molecule has 1 aromatic carbocycles. The summed E-state index contributed by atoms with van der Waals surface area (Å²) in [4.78, 5) is 13.5. The molecule has 1 rings (SSSR count). The largest absolute Gasteiger partial charge is 0.538 e. The Morgan fingerprint density at radius 3 is 2.64 bits per heavy atom. The highest BCUT2D eigenvalue weighted by atomic mass is 16.5. The highest BCUT2D eigenvalue weighted by Crippen LogP contribution is 2.16. The van der Waals surface area contributed by atoms with Crippen molar-refractivity contribution in [1.29, 1.82) is 5.53 Å². The summed E-state index contributed by atoms with van der Waals surface area (Å²) in [7, 11) is 1.41. The molecule has 1 N–H and O–H groups in total. The van der Waals surface area contributed by atoms with Crippen LogP contribution in [0.4, 0.5) is 0 Å². The van der Waals surface area contributed by atoms with E-state index in [9.17, 15) is 9.90 Å². The molecule has 0 unspecified atom stereocenters. The fourth-order valence-corrected chi connectivity index (χ4v) is 1.06. The lowest BCUT2D eigenvalue weighted by molar-refractivity contribution is -0.298. The lowest BCUT2D eigenvalue weighted by atomic mass is 10.1. The van der Waals surface area contributed by atoms with Gasteiger partial charge in [-0.05, 0) is 12.1 Å². The van der Waals surface area contributed by atoms with Gasteiger partial charge in [0.25, 0.3) is 0 Å². The standard InChI is InChI=1S/C9H8N2O3/c1-14-7-5-3-2-4-6(7)8(11-10)9(12)13/h2-5,10H,1H3. The van der Waals surface area contributed by atoms with Gasteiger partial charge in [0.05, 0.1) is 17.4 Å². The minimum absolute atomic E-state index is 0.241. The van der Waals surface area contributed by atoms with E-state index >= 15 is 0 Å². The van der Waals surface area contributed by atoms with Crippen LogP contribution in [0.2, 0.25) is 0 Å². The molecule has 0 bridgehead atoms. The van der Waals surface area contributed by atoms with Gasteiger partial charge in [-0.25, -0.2) is 0 Å². The number of para-hydroxylation sites is 1. The summed E-state index contributed by atoms with van der Waals surface area (Å²) >= 11 is 0. The second-order valence-electron chi connectivity index (χ2n) is 2.45. The van der Waals surface area contributed by atoms with E-state index in [1.165, 1.54) is 13.2 Å². The predicted molar refractivity (Wildman–Crippen MR) is 45.1 cm³/mol. The first-order chi connectivity index (χ1) is 6.70. The van der Waals surface area contributed by atoms with Crippen molar-refractivity contribution in [2.45, 2.75) is 0 Å². The fraction of sp³-hybridized carbons (Fsp3) is 0.111. The van der Waals surface area contributed by atoms with E-state index in [4.69, 9.17) is 10.3 Å². The number of benzene rings is 1. The smallest absolute Gasteiger partial charge is 0.398 e. The van der Waals surface area contributed by atoms with Gasteiger partial charge < -0.3 is 14.6 Å². The number of rotatable bonds is 3. The summed E-state index contributed by atoms with van der Waals surface area (Å²) < 4.78 is 4.92. The molecule has 0 atom stereocenters. The van der Waals surface area contributed by atoms with E-state index in [1.807, 2.05) is 0 Å². The second kappa shape index (κ2) is 4.20. The van der Waals surface area contributed by atoms with E-state index in [1.54, 1.807) is 18.2 Å². The van der Waals surface area contributed by atoms with E-state index in [2.05, 4.69) is 4.79 Å². The van der Waals surface area contributed by atoms with Gasteiger partial charge in [-0.15, -0.1) is 0 Å². The second-order valence-corrected chi connectivity index (χ2v) is 2.45. The highest BCUT2D eigenvalue weighted by molar-refractivity contribution is 6.39. The summed E-state index contributed by atoms with van der Waals surface area (Å²) in [5.41, 5.74) is 6.51. The Labute approximate surface area is 80.2 Å². The fourth-order valence-electron chi connectivity index (χ4n) is 1.06. The first kappa shape index (κ1) is 9.95. The Morgan fingerprint density at radius 1 is 1.50 bits per heavy atom. The molecule has 72 valence electrons. The van der Waals surface area contributed by atoms with Crippen LogP contribution in [0.25, 0.3) is 0 Å². The van der Waals surface area contributed by atoms with Crippen molar-refractivity contribution in [2.24, 2.45) is 0 Å². The predicted octanol–water partition coefficient (Wildman–Crippen LogP) is -0.527. The van der Waals surface area contributed by atoms with Crippen molar-refractivity contribution in [3.63, 3.8) is 0 Å². The Morgan fingerprint density at radius 2 is 2.14 bits per heavy atom. The van der Waals surface area contributed by atoms with Crippen LogP contribution >= 0.6 is 0 Å². The van der Waals surface area contributed by atoms with Crippen LogP contribution in [-0.4, -0.2) is 23.6 Å². The summed E-state index contributed by atoms with van der Waals surface area (Å²) in [6.07, 6.45) is 0. The lowest BCUT2D eigenvalue weighted by Gasteiger charge is -2.02. The molecule has 0 fully saturated rings. The molecule has 0 amide bonds. The molecule has 0 spiro atoms. The number of carboxylic acids is 1. The first-order valence-corrected chi connectivity index (χ1v) is 3.80. The Bertz CT molecular complexity index is 408. The number of methoxy groups -OCH3 is 1. The summed E-state index contributed by atoms with van der Waals surface area (Å²) in [6.45, 7) is 0. The van der Waals surface area contributed by atoms with Crippen LogP contribution in [0.1, 0.15) is 5.56 Å². The summed E-state index contributed by atoms with van der Waals surface area (Å²) in [5, 5.41) is 10.6. The minimum Gasteiger partial charge on any atom is -0.538 e. The molecule has 0 heterocycles. The number of carbonyl (C=O) groups excluding carboxylic acids is 1. The molecule has 5 heteroatoms. The van der Waals surface area contributed by atoms with Crippen LogP contribution in [0.3, 0.4) is 0 Å². The minimum atomic E-state index is -1.50. The van der Waals surface area contributed by atoms with E-state index in [0.717, 1.165) is 0 Å². The van der Waals surface area contributed by atoms with E-state index in [-0.39, 0.29) is 5.56 Å². The van der Waals surface area contributed by atoms with Gasteiger partial charge in [0.1, 0.15) is 11.3 Å². The zero-order valence-corrected chi connectivity index (χ0v) is 7.48. The Kier molecular flexibility index (Phi) is 2.99. The monoisotopic (exact) mass is 192 g/mol. The summed E-state index contributed by atoms with van der Waals surface area (Å²) in [5.74, 6) is -1.15. The molecule has 1 aromatic rings. The molecular formula is C9H8N2O3. The van der Waals surface area contributed by atoms with Crippen molar-refractivity contribution < 1.29 is 19.4 Å². The molecule has 0 aliphatic rings.